The van der Waals surface area contributed by atoms with E-state index in [1.165, 1.54) is 18.2 Å². The van der Waals surface area contributed by atoms with E-state index < -0.39 is 11.9 Å². The second kappa shape index (κ2) is 12.4. The van der Waals surface area contributed by atoms with Gasteiger partial charge in [-0.1, -0.05) is 25.1 Å². The Morgan fingerprint density at radius 2 is 1.91 bits per heavy atom. The van der Waals surface area contributed by atoms with Crippen molar-refractivity contribution in [1.82, 2.24) is 14.7 Å². The van der Waals surface area contributed by atoms with E-state index in [0.717, 1.165) is 18.5 Å². The van der Waals surface area contributed by atoms with Gasteiger partial charge in [-0.25, -0.2) is 13.5 Å². The summed E-state index contributed by atoms with van der Waals surface area (Å²) in [5, 5.41) is 15.0. The van der Waals surface area contributed by atoms with E-state index in [9.17, 15) is 13.9 Å². The second-order valence-electron chi connectivity index (χ2n) is 8.00. The number of rotatable bonds is 13. The van der Waals surface area contributed by atoms with Crippen LogP contribution in [-0.2, 0) is 11.3 Å². The molecule has 0 saturated heterocycles. The molecule has 3 aromatic rings. The molecule has 0 aliphatic carbocycles. The minimum atomic E-state index is -0.685. The van der Waals surface area contributed by atoms with E-state index in [0.29, 0.717) is 37.0 Å². The van der Waals surface area contributed by atoms with Gasteiger partial charge in [-0.2, -0.15) is 5.10 Å². The molecule has 0 spiro atoms. The van der Waals surface area contributed by atoms with Crippen LogP contribution in [0.5, 0.6) is 11.6 Å². The fraction of sp³-hybridized carbons (Fsp3) is 0.346. The van der Waals surface area contributed by atoms with Gasteiger partial charge in [0.1, 0.15) is 5.82 Å². The SMILES string of the molecule is C=CCOC[C@H](O)CN(CCC)Cc1c(C)nn(-c2ccc(F)cc2)c1Oc1ccccc1F. The lowest BCUT2D eigenvalue weighted by Gasteiger charge is -2.25. The van der Waals surface area contributed by atoms with E-state index >= 15 is 0 Å². The zero-order chi connectivity index (χ0) is 24.5. The van der Waals surface area contributed by atoms with Crippen molar-refractivity contribution in [2.24, 2.45) is 0 Å². The van der Waals surface area contributed by atoms with Crippen molar-refractivity contribution >= 4 is 0 Å². The van der Waals surface area contributed by atoms with Crippen molar-refractivity contribution in [2.75, 3.05) is 26.3 Å². The number of nitrogens with zero attached hydrogens (tertiary/aromatic N) is 3. The Hall–Kier alpha value is -3.07. The number of aromatic nitrogens is 2. The molecule has 0 aliphatic rings. The van der Waals surface area contributed by atoms with E-state index in [1.54, 1.807) is 41.1 Å². The molecule has 8 heteroatoms. The molecule has 0 saturated carbocycles. The smallest absolute Gasteiger partial charge is 0.227 e. The standard InChI is InChI=1S/C26H31F2N3O3/c1-4-14-30(16-22(32)18-33-15-5-2)17-23-19(3)29-31(21-12-10-20(27)11-13-21)26(23)34-25-9-7-6-8-24(25)28/h5-13,22,32H,2,4,14-18H2,1,3H3/t22-/m1/s1. The minimum absolute atomic E-state index is 0.0620. The van der Waals surface area contributed by atoms with Crippen LogP contribution in [0.2, 0.25) is 0 Å². The molecule has 6 nitrogen and oxygen atoms in total. The lowest BCUT2D eigenvalue weighted by atomic mass is 10.2. The molecular weight excluding hydrogens is 440 g/mol. The van der Waals surface area contributed by atoms with Crippen LogP contribution >= 0.6 is 0 Å². The van der Waals surface area contributed by atoms with Crippen molar-refractivity contribution in [3.05, 3.63) is 84.1 Å². The number of aliphatic hydroxyl groups is 1. The maximum absolute atomic E-state index is 14.4. The van der Waals surface area contributed by atoms with Crippen LogP contribution in [0.15, 0.2) is 61.2 Å². The third-order valence-corrected chi connectivity index (χ3v) is 5.19. The summed E-state index contributed by atoms with van der Waals surface area (Å²) in [5.41, 5.74) is 2.02. The molecular formula is C26H31F2N3O3. The summed E-state index contributed by atoms with van der Waals surface area (Å²) in [6.45, 7) is 9.59. The molecule has 1 heterocycles. The molecule has 0 unspecified atom stereocenters. The summed E-state index contributed by atoms with van der Waals surface area (Å²) in [4.78, 5) is 2.08. The molecule has 0 aliphatic heterocycles. The Kier molecular flexibility index (Phi) is 9.33. The van der Waals surface area contributed by atoms with Gasteiger partial charge in [-0.3, -0.25) is 4.90 Å². The summed E-state index contributed by atoms with van der Waals surface area (Å²) in [6, 6.07) is 12.0. The average Bonchev–Trinajstić information content (AvgIpc) is 3.11. The molecule has 3 rings (SSSR count). The summed E-state index contributed by atoms with van der Waals surface area (Å²) in [7, 11) is 0. The summed E-state index contributed by atoms with van der Waals surface area (Å²) in [5.74, 6) is -0.469. The van der Waals surface area contributed by atoms with Crippen LogP contribution in [0.1, 0.15) is 24.6 Å². The summed E-state index contributed by atoms with van der Waals surface area (Å²) in [6.07, 6.45) is 1.82. The quantitative estimate of drug-likeness (QED) is 0.280. The summed E-state index contributed by atoms with van der Waals surface area (Å²) >= 11 is 0. The van der Waals surface area contributed by atoms with Gasteiger partial charge in [0.05, 0.1) is 36.3 Å². The van der Waals surface area contributed by atoms with E-state index in [4.69, 9.17) is 9.47 Å². The van der Waals surface area contributed by atoms with E-state index in [2.05, 4.69) is 23.5 Å². The van der Waals surface area contributed by atoms with Gasteiger partial charge in [-0.05, 0) is 56.3 Å². The van der Waals surface area contributed by atoms with Gasteiger partial charge in [0.15, 0.2) is 11.6 Å². The predicted molar refractivity (Wildman–Crippen MR) is 127 cm³/mol. The number of para-hydroxylation sites is 1. The van der Waals surface area contributed by atoms with Gasteiger partial charge in [0.2, 0.25) is 5.88 Å². The van der Waals surface area contributed by atoms with Gasteiger partial charge < -0.3 is 14.6 Å². The molecule has 182 valence electrons. The van der Waals surface area contributed by atoms with Crippen LogP contribution in [0, 0.1) is 18.6 Å². The molecule has 0 radical (unpaired) electrons. The first-order valence-electron chi connectivity index (χ1n) is 11.3. The third-order valence-electron chi connectivity index (χ3n) is 5.19. The normalized spacial score (nSPS) is 12.2. The molecule has 0 bridgehead atoms. The lowest BCUT2D eigenvalue weighted by molar-refractivity contribution is 0.0244. The Morgan fingerprint density at radius 3 is 2.59 bits per heavy atom. The van der Waals surface area contributed by atoms with Gasteiger partial charge in [0, 0.05) is 13.1 Å². The lowest BCUT2D eigenvalue weighted by Crippen LogP contribution is -2.35. The van der Waals surface area contributed by atoms with Crippen molar-refractivity contribution in [3.63, 3.8) is 0 Å². The zero-order valence-corrected chi connectivity index (χ0v) is 19.6. The molecule has 1 atom stereocenters. The first kappa shape index (κ1) is 25.6. The van der Waals surface area contributed by atoms with Crippen molar-refractivity contribution in [3.8, 4) is 17.3 Å². The number of benzene rings is 2. The van der Waals surface area contributed by atoms with E-state index in [1.807, 2.05) is 6.92 Å². The summed E-state index contributed by atoms with van der Waals surface area (Å²) < 4.78 is 40.9. The monoisotopic (exact) mass is 471 g/mol. The highest BCUT2D eigenvalue weighted by Gasteiger charge is 2.23. The Bertz CT molecular complexity index is 1070. The van der Waals surface area contributed by atoms with Crippen LogP contribution < -0.4 is 4.74 Å². The number of aryl methyl sites for hydroxylation is 1. The molecule has 0 fully saturated rings. The third kappa shape index (κ3) is 6.72. The van der Waals surface area contributed by atoms with Crippen LogP contribution in [0.3, 0.4) is 0 Å². The molecule has 34 heavy (non-hydrogen) atoms. The average molecular weight is 472 g/mol. The zero-order valence-electron chi connectivity index (χ0n) is 19.6. The first-order valence-corrected chi connectivity index (χ1v) is 11.3. The topological polar surface area (TPSA) is 59.8 Å². The Balaban J connectivity index is 1.95. The largest absolute Gasteiger partial charge is 0.435 e. The van der Waals surface area contributed by atoms with Gasteiger partial charge in [-0.15, -0.1) is 6.58 Å². The fourth-order valence-corrected chi connectivity index (χ4v) is 3.63. The number of ether oxygens (including phenoxy) is 2. The van der Waals surface area contributed by atoms with E-state index in [-0.39, 0.29) is 18.2 Å². The van der Waals surface area contributed by atoms with Crippen molar-refractivity contribution < 1.29 is 23.4 Å². The Morgan fingerprint density at radius 1 is 1.18 bits per heavy atom. The van der Waals surface area contributed by atoms with Crippen LogP contribution in [0.4, 0.5) is 8.78 Å². The highest BCUT2D eigenvalue weighted by Crippen LogP contribution is 2.33. The molecule has 0 amide bonds. The van der Waals surface area contributed by atoms with Crippen molar-refractivity contribution in [2.45, 2.75) is 32.9 Å². The molecule has 1 N–H and O–H groups in total. The Labute approximate surface area is 199 Å². The van der Waals surface area contributed by atoms with Crippen LogP contribution in [0.25, 0.3) is 5.69 Å². The maximum Gasteiger partial charge on any atom is 0.227 e. The maximum atomic E-state index is 14.4. The second-order valence-corrected chi connectivity index (χ2v) is 8.00. The predicted octanol–water partition coefficient (Wildman–Crippen LogP) is 5.03. The molecule has 2 aromatic carbocycles. The number of aliphatic hydroxyl groups excluding tert-OH is 1. The van der Waals surface area contributed by atoms with Crippen molar-refractivity contribution in [1.29, 1.82) is 0 Å². The minimum Gasteiger partial charge on any atom is -0.435 e. The highest BCUT2D eigenvalue weighted by atomic mass is 19.1. The number of hydrogen-bond donors (Lipinski definition) is 1. The number of hydrogen-bond acceptors (Lipinski definition) is 5. The molecule has 1 aromatic heterocycles. The first-order chi connectivity index (χ1) is 16.4. The number of halogens is 2. The van der Waals surface area contributed by atoms with Crippen LogP contribution in [-0.4, -0.2) is 52.2 Å². The highest BCUT2D eigenvalue weighted by molar-refractivity contribution is 5.43. The fourth-order valence-electron chi connectivity index (χ4n) is 3.63. The van der Waals surface area contributed by atoms with Gasteiger partial charge in [0.25, 0.3) is 0 Å². The van der Waals surface area contributed by atoms with Gasteiger partial charge >= 0.3 is 0 Å².